The molecule has 0 aromatic heterocycles. The third-order valence-corrected chi connectivity index (χ3v) is 5.22. The molecule has 2 unspecified atom stereocenters. The number of hydrogen-bond acceptors (Lipinski definition) is 10. The Hall–Kier alpha value is -4.15. The first-order chi connectivity index (χ1) is 17.7. The molecule has 0 saturated carbocycles. The summed E-state index contributed by atoms with van der Waals surface area (Å²) in [6, 6.07) is 2.29. The van der Waals surface area contributed by atoms with Crippen LogP contribution in [0.2, 0.25) is 0 Å². The quantitative estimate of drug-likeness (QED) is 0.0706. The van der Waals surface area contributed by atoms with Crippen molar-refractivity contribution in [3.05, 3.63) is 39.9 Å². The van der Waals surface area contributed by atoms with E-state index in [0.29, 0.717) is 5.56 Å². The molecule has 0 aliphatic heterocycles. The largest absolute Gasteiger partial charge is 0.480 e. The second-order valence-corrected chi connectivity index (χ2v) is 8.75. The molecular weight excluding hydrogens is 512 g/mol. The summed E-state index contributed by atoms with van der Waals surface area (Å²) in [5.41, 5.74) is 0.292. The standard InChI is InChI=1S/C22H30N4O12/c1-13(8-25(11-18(29)30)12-19(31)32)7-24(10-17(27)28)9-15(23-20(21(33)34)22(35)36)6-14-2-4-16(5-3-14)26(37)38/h2-5,13,15,20,23H,6-12H2,1H3,(H,27,28)(H,29,30)(H,31,32)(H,33,34)(H,35,36). The van der Waals surface area contributed by atoms with Crippen LogP contribution < -0.4 is 5.32 Å². The molecule has 38 heavy (non-hydrogen) atoms. The average molecular weight is 542 g/mol. The normalized spacial score (nSPS) is 12.8. The molecule has 2 atom stereocenters. The summed E-state index contributed by atoms with van der Waals surface area (Å²) in [5, 5.41) is 59.4. The lowest BCUT2D eigenvalue weighted by Gasteiger charge is -2.31. The number of carboxylic acid groups (broad SMARTS) is 5. The average Bonchev–Trinajstić information content (AvgIpc) is 2.75. The minimum Gasteiger partial charge on any atom is -0.480 e. The number of non-ortho nitro benzene ring substituents is 1. The van der Waals surface area contributed by atoms with Gasteiger partial charge in [0.15, 0.2) is 0 Å². The first kappa shape index (κ1) is 31.9. The van der Waals surface area contributed by atoms with Crippen molar-refractivity contribution in [2.75, 3.05) is 39.3 Å². The maximum Gasteiger partial charge on any atom is 0.332 e. The zero-order valence-corrected chi connectivity index (χ0v) is 20.4. The third kappa shape index (κ3) is 12.2. The van der Waals surface area contributed by atoms with Gasteiger partial charge in [-0.3, -0.25) is 39.6 Å². The van der Waals surface area contributed by atoms with E-state index in [1.165, 1.54) is 29.2 Å². The van der Waals surface area contributed by atoms with E-state index >= 15 is 0 Å². The van der Waals surface area contributed by atoms with Gasteiger partial charge in [0.05, 0.1) is 24.6 Å². The van der Waals surface area contributed by atoms with Crippen molar-refractivity contribution in [3.63, 3.8) is 0 Å². The highest BCUT2D eigenvalue weighted by Gasteiger charge is 2.30. The molecule has 0 saturated heterocycles. The van der Waals surface area contributed by atoms with Crippen LogP contribution in [0.1, 0.15) is 12.5 Å². The second kappa shape index (κ2) is 15.2. The topological polar surface area (TPSA) is 248 Å². The molecule has 0 aliphatic rings. The lowest BCUT2D eigenvalue weighted by Crippen LogP contribution is -2.54. The van der Waals surface area contributed by atoms with Crippen LogP contribution in [0.5, 0.6) is 0 Å². The number of aliphatic carboxylic acids is 5. The minimum atomic E-state index is -2.02. The van der Waals surface area contributed by atoms with E-state index in [0.717, 1.165) is 4.90 Å². The summed E-state index contributed by atoms with van der Waals surface area (Å²) < 4.78 is 0. The summed E-state index contributed by atoms with van der Waals surface area (Å²) in [6.07, 6.45) is -0.0102. The molecule has 0 fully saturated rings. The van der Waals surface area contributed by atoms with Crippen LogP contribution in [0.4, 0.5) is 5.69 Å². The Morgan fingerprint density at radius 1 is 0.816 bits per heavy atom. The minimum absolute atomic E-state index is 0.0102. The van der Waals surface area contributed by atoms with E-state index < -0.39 is 72.4 Å². The highest BCUT2D eigenvalue weighted by molar-refractivity contribution is 5.97. The van der Waals surface area contributed by atoms with Crippen molar-refractivity contribution in [2.24, 2.45) is 5.92 Å². The summed E-state index contributed by atoms with van der Waals surface area (Å²) in [7, 11) is 0. The van der Waals surface area contributed by atoms with Gasteiger partial charge in [-0.05, 0) is 17.9 Å². The molecule has 0 bridgehead atoms. The third-order valence-electron chi connectivity index (χ3n) is 5.22. The predicted molar refractivity (Wildman–Crippen MR) is 128 cm³/mol. The van der Waals surface area contributed by atoms with Crippen LogP contribution in [0.3, 0.4) is 0 Å². The Morgan fingerprint density at radius 3 is 1.68 bits per heavy atom. The summed E-state index contributed by atoms with van der Waals surface area (Å²) in [5.74, 6) is -7.54. The zero-order valence-electron chi connectivity index (χ0n) is 20.4. The van der Waals surface area contributed by atoms with E-state index in [9.17, 15) is 49.4 Å². The van der Waals surface area contributed by atoms with E-state index in [-0.39, 0.29) is 31.7 Å². The molecule has 210 valence electrons. The number of carbonyl (C=O) groups is 5. The van der Waals surface area contributed by atoms with Gasteiger partial charge >= 0.3 is 29.8 Å². The molecule has 1 rings (SSSR count). The first-order valence-electron chi connectivity index (χ1n) is 11.2. The smallest absolute Gasteiger partial charge is 0.332 e. The Balaban J connectivity index is 3.15. The molecule has 1 aromatic carbocycles. The van der Waals surface area contributed by atoms with Crippen molar-refractivity contribution in [1.29, 1.82) is 0 Å². The van der Waals surface area contributed by atoms with Crippen LogP contribution >= 0.6 is 0 Å². The van der Waals surface area contributed by atoms with Crippen molar-refractivity contribution in [3.8, 4) is 0 Å². The van der Waals surface area contributed by atoms with E-state index in [1.807, 2.05) is 0 Å². The van der Waals surface area contributed by atoms with Gasteiger partial charge in [0, 0.05) is 37.8 Å². The fourth-order valence-electron chi connectivity index (χ4n) is 3.91. The van der Waals surface area contributed by atoms with Gasteiger partial charge in [0.2, 0.25) is 6.04 Å². The van der Waals surface area contributed by atoms with Gasteiger partial charge < -0.3 is 25.5 Å². The van der Waals surface area contributed by atoms with Crippen LogP contribution in [0.15, 0.2) is 24.3 Å². The first-order valence-corrected chi connectivity index (χ1v) is 11.2. The number of carboxylic acids is 5. The number of nitro benzene ring substituents is 1. The lowest BCUT2D eigenvalue weighted by atomic mass is 10.0. The van der Waals surface area contributed by atoms with Crippen LogP contribution in [0, 0.1) is 16.0 Å². The number of nitrogens with zero attached hydrogens (tertiary/aromatic N) is 3. The maximum absolute atomic E-state index is 11.5. The number of nitro groups is 1. The maximum atomic E-state index is 11.5. The highest BCUT2D eigenvalue weighted by Crippen LogP contribution is 2.15. The molecule has 0 amide bonds. The van der Waals surface area contributed by atoms with E-state index in [1.54, 1.807) is 6.92 Å². The molecule has 0 radical (unpaired) electrons. The Labute approximate surface area is 216 Å². The van der Waals surface area contributed by atoms with Crippen molar-refractivity contribution >= 4 is 35.5 Å². The van der Waals surface area contributed by atoms with Gasteiger partial charge in [-0.15, -0.1) is 0 Å². The van der Waals surface area contributed by atoms with Gasteiger partial charge in [-0.25, -0.2) is 9.59 Å². The Morgan fingerprint density at radius 2 is 1.26 bits per heavy atom. The van der Waals surface area contributed by atoms with Crippen molar-refractivity contribution in [1.82, 2.24) is 15.1 Å². The monoisotopic (exact) mass is 542 g/mol. The molecule has 0 heterocycles. The van der Waals surface area contributed by atoms with Crippen LogP contribution in [-0.4, -0.2) is 121 Å². The Bertz CT molecular complexity index is 986. The molecule has 16 heteroatoms. The fraction of sp³-hybridized carbons (Fsp3) is 0.500. The SMILES string of the molecule is CC(CN(CC(=O)O)CC(=O)O)CN(CC(=O)O)CC(Cc1ccc([N+](=O)[O-])cc1)NC(C(=O)O)C(=O)O. The molecule has 16 nitrogen and oxygen atoms in total. The van der Waals surface area contributed by atoms with Crippen LogP contribution in [-0.2, 0) is 30.4 Å². The summed E-state index contributed by atoms with van der Waals surface area (Å²) in [4.78, 5) is 69.4. The molecule has 0 spiro atoms. The van der Waals surface area contributed by atoms with Crippen LogP contribution in [0.25, 0.3) is 0 Å². The van der Waals surface area contributed by atoms with E-state index in [2.05, 4.69) is 5.32 Å². The number of rotatable bonds is 19. The number of nitrogens with one attached hydrogen (secondary N) is 1. The molecule has 0 aliphatic carbocycles. The summed E-state index contributed by atoms with van der Waals surface area (Å²) >= 11 is 0. The highest BCUT2D eigenvalue weighted by atomic mass is 16.6. The predicted octanol–water partition coefficient (Wildman–Crippen LogP) is -0.873. The van der Waals surface area contributed by atoms with E-state index in [4.69, 9.17) is 10.2 Å². The second-order valence-electron chi connectivity index (χ2n) is 8.75. The molecular formula is C22H30N4O12. The lowest BCUT2D eigenvalue weighted by molar-refractivity contribution is -0.384. The van der Waals surface area contributed by atoms with Crippen molar-refractivity contribution in [2.45, 2.75) is 25.4 Å². The molecule has 1 aromatic rings. The van der Waals surface area contributed by atoms with Crippen molar-refractivity contribution < 1.29 is 54.4 Å². The number of hydrogen-bond donors (Lipinski definition) is 6. The Kier molecular flexibility index (Phi) is 12.7. The van der Waals surface area contributed by atoms with Gasteiger partial charge in [0.25, 0.3) is 5.69 Å². The van der Waals surface area contributed by atoms with Gasteiger partial charge in [-0.2, -0.15) is 0 Å². The number of benzene rings is 1. The fourth-order valence-corrected chi connectivity index (χ4v) is 3.91. The van der Waals surface area contributed by atoms with Gasteiger partial charge in [0.1, 0.15) is 0 Å². The summed E-state index contributed by atoms with van der Waals surface area (Å²) in [6.45, 7) is -0.166. The zero-order chi connectivity index (χ0) is 29.0. The molecule has 6 N–H and O–H groups in total. The van der Waals surface area contributed by atoms with Gasteiger partial charge in [-0.1, -0.05) is 19.1 Å².